The van der Waals surface area contributed by atoms with Crippen LogP contribution in [0.4, 0.5) is 0 Å². The Balaban J connectivity index is 1.57. The Hall–Kier alpha value is -1.79. The number of nitrogens with one attached hydrogen (secondary N) is 2. The van der Waals surface area contributed by atoms with Crippen LogP contribution in [0.2, 0.25) is 0 Å². The molecule has 2 rings (SSSR count). The smallest absolute Gasteiger partial charge is 0.191 e. The normalized spacial score (nSPS) is 17.3. The molecule has 1 fully saturated rings. The third-order valence-corrected chi connectivity index (χ3v) is 4.18. The molecule has 1 aliphatic heterocycles. The quantitative estimate of drug-likeness (QED) is 0.359. The Labute approximate surface area is 157 Å². The number of aryl methyl sites for hydroxylation is 1. The van der Waals surface area contributed by atoms with Crippen molar-refractivity contribution < 1.29 is 14.2 Å². The molecule has 0 aromatic heterocycles. The summed E-state index contributed by atoms with van der Waals surface area (Å²) < 4.78 is 16.9. The van der Waals surface area contributed by atoms with Crippen molar-refractivity contribution in [3.8, 4) is 5.75 Å². The first-order chi connectivity index (χ1) is 12.8. The van der Waals surface area contributed by atoms with Crippen LogP contribution in [0, 0.1) is 12.8 Å². The topological polar surface area (TPSA) is 64.1 Å². The third-order valence-electron chi connectivity index (χ3n) is 4.18. The van der Waals surface area contributed by atoms with E-state index < -0.39 is 0 Å². The van der Waals surface area contributed by atoms with Crippen LogP contribution in [0.5, 0.6) is 5.75 Å². The molecular weight excluding hydrogens is 330 g/mol. The zero-order valence-corrected chi connectivity index (χ0v) is 16.1. The highest BCUT2D eigenvalue weighted by Gasteiger charge is 2.15. The van der Waals surface area contributed by atoms with Gasteiger partial charge in [0.1, 0.15) is 12.4 Å². The van der Waals surface area contributed by atoms with E-state index in [0.717, 1.165) is 69.6 Å². The molecule has 1 unspecified atom stereocenters. The summed E-state index contributed by atoms with van der Waals surface area (Å²) in [6.45, 7) is 10.3. The van der Waals surface area contributed by atoms with Crippen molar-refractivity contribution in [2.24, 2.45) is 10.9 Å². The Kier molecular flexibility index (Phi) is 9.90. The second-order valence-electron chi connectivity index (χ2n) is 6.46. The van der Waals surface area contributed by atoms with E-state index in [2.05, 4.69) is 35.5 Å². The van der Waals surface area contributed by atoms with Gasteiger partial charge in [-0.1, -0.05) is 18.2 Å². The fourth-order valence-corrected chi connectivity index (χ4v) is 2.71. The minimum Gasteiger partial charge on any atom is -0.491 e. The molecular formula is C20H33N3O3. The molecule has 6 heteroatoms. The van der Waals surface area contributed by atoms with Crippen LogP contribution in [-0.2, 0) is 9.47 Å². The Bertz CT molecular complexity index is 531. The zero-order chi connectivity index (χ0) is 18.5. The summed E-state index contributed by atoms with van der Waals surface area (Å²) in [5.41, 5.74) is 1.15. The molecule has 0 saturated carbocycles. The summed E-state index contributed by atoms with van der Waals surface area (Å²) in [5, 5.41) is 6.56. The van der Waals surface area contributed by atoms with E-state index in [9.17, 15) is 0 Å². The number of guanidine groups is 1. The van der Waals surface area contributed by atoms with E-state index >= 15 is 0 Å². The van der Waals surface area contributed by atoms with E-state index in [-0.39, 0.29) is 0 Å². The van der Waals surface area contributed by atoms with Crippen LogP contribution in [-0.4, -0.2) is 58.6 Å². The average Bonchev–Trinajstić information content (AvgIpc) is 3.16. The van der Waals surface area contributed by atoms with E-state index in [0.29, 0.717) is 19.1 Å². The number of para-hydroxylation sites is 1. The molecule has 0 bridgehead atoms. The number of rotatable bonds is 11. The molecule has 26 heavy (non-hydrogen) atoms. The van der Waals surface area contributed by atoms with E-state index in [1.807, 2.05) is 18.2 Å². The van der Waals surface area contributed by atoms with Crippen molar-refractivity contribution in [1.82, 2.24) is 10.6 Å². The standard InChI is InChI=1S/C20H33N3O3/c1-3-21-20(22-10-6-12-24-15-18-9-13-25-16-18)23-11-14-26-19-8-5-4-7-17(19)2/h4-5,7-8,18H,3,6,9-16H2,1-2H3,(H2,21,22,23). The monoisotopic (exact) mass is 363 g/mol. The highest BCUT2D eigenvalue weighted by atomic mass is 16.5. The van der Waals surface area contributed by atoms with Crippen LogP contribution in [0.3, 0.4) is 0 Å². The maximum atomic E-state index is 5.80. The highest BCUT2D eigenvalue weighted by Crippen LogP contribution is 2.15. The molecule has 1 atom stereocenters. The van der Waals surface area contributed by atoms with Crippen LogP contribution < -0.4 is 15.4 Å². The summed E-state index contributed by atoms with van der Waals surface area (Å²) in [7, 11) is 0. The lowest BCUT2D eigenvalue weighted by atomic mass is 10.1. The van der Waals surface area contributed by atoms with Crippen molar-refractivity contribution in [3.63, 3.8) is 0 Å². The second kappa shape index (κ2) is 12.5. The molecule has 0 aliphatic carbocycles. The molecule has 146 valence electrons. The van der Waals surface area contributed by atoms with Gasteiger partial charge in [0.05, 0.1) is 19.8 Å². The minimum atomic E-state index is 0.575. The Morgan fingerprint density at radius 1 is 1.27 bits per heavy atom. The molecule has 0 spiro atoms. The van der Waals surface area contributed by atoms with Crippen LogP contribution in [0.1, 0.15) is 25.3 Å². The van der Waals surface area contributed by atoms with Gasteiger partial charge in [0.2, 0.25) is 0 Å². The minimum absolute atomic E-state index is 0.575. The summed E-state index contributed by atoms with van der Waals surface area (Å²) in [4.78, 5) is 4.58. The second-order valence-corrected chi connectivity index (χ2v) is 6.46. The van der Waals surface area contributed by atoms with E-state index in [1.165, 1.54) is 0 Å². The van der Waals surface area contributed by atoms with Crippen LogP contribution in [0.15, 0.2) is 29.3 Å². The lowest BCUT2D eigenvalue weighted by Crippen LogP contribution is -2.39. The van der Waals surface area contributed by atoms with Crippen molar-refractivity contribution >= 4 is 5.96 Å². The summed E-state index contributed by atoms with van der Waals surface area (Å²) in [6, 6.07) is 8.05. The van der Waals surface area contributed by atoms with Gasteiger partial charge in [0.25, 0.3) is 0 Å². The largest absolute Gasteiger partial charge is 0.491 e. The van der Waals surface area contributed by atoms with Gasteiger partial charge in [-0.15, -0.1) is 0 Å². The summed E-state index contributed by atoms with van der Waals surface area (Å²) >= 11 is 0. The Morgan fingerprint density at radius 3 is 2.92 bits per heavy atom. The van der Waals surface area contributed by atoms with E-state index in [4.69, 9.17) is 14.2 Å². The SMILES string of the molecule is CCNC(=NCCCOCC1CCOC1)NCCOc1ccccc1C. The van der Waals surface area contributed by atoms with Crippen molar-refractivity contribution in [3.05, 3.63) is 29.8 Å². The van der Waals surface area contributed by atoms with Gasteiger partial charge in [0, 0.05) is 32.2 Å². The van der Waals surface area contributed by atoms with Crippen molar-refractivity contribution in [1.29, 1.82) is 0 Å². The van der Waals surface area contributed by atoms with Gasteiger partial charge < -0.3 is 24.8 Å². The predicted octanol–water partition coefficient (Wildman–Crippen LogP) is 2.37. The highest BCUT2D eigenvalue weighted by molar-refractivity contribution is 5.79. The molecule has 1 aromatic rings. The van der Waals surface area contributed by atoms with E-state index in [1.54, 1.807) is 0 Å². The number of nitrogens with zero attached hydrogens (tertiary/aromatic N) is 1. The summed E-state index contributed by atoms with van der Waals surface area (Å²) in [5.74, 6) is 2.33. The first-order valence-corrected chi connectivity index (χ1v) is 9.65. The molecule has 0 radical (unpaired) electrons. The third kappa shape index (κ3) is 8.06. The molecule has 0 amide bonds. The number of aliphatic imine (C=N–C) groups is 1. The predicted molar refractivity (Wildman–Crippen MR) is 105 cm³/mol. The molecule has 6 nitrogen and oxygen atoms in total. The number of ether oxygens (including phenoxy) is 3. The lowest BCUT2D eigenvalue weighted by molar-refractivity contribution is 0.0893. The van der Waals surface area contributed by atoms with Gasteiger partial charge in [0.15, 0.2) is 5.96 Å². The molecule has 1 saturated heterocycles. The molecule has 1 aromatic carbocycles. The first-order valence-electron chi connectivity index (χ1n) is 9.65. The van der Waals surface area contributed by atoms with Gasteiger partial charge in [-0.05, 0) is 38.3 Å². The lowest BCUT2D eigenvalue weighted by Gasteiger charge is -2.13. The average molecular weight is 364 g/mol. The molecule has 1 heterocycles. The number of hydrogen-bond donors (Lipinski definition) is 2. The zero-order valence-electron chi connectivity index (χ0n) is 16.1. The van der Waals surface area contributed by atoms with Crippen molar-refractivity contribution in [2.45, 2.75) is 26.7 Å². The van der Waals surface area contributed by atoms with Crippen LogP contribution >= 0.6 is 0 Å². The van der Waals surface area contributed by atoms with Gasteiger partial charge in [-0.25, -0.2) is 0 Å². The van der Waals surface area contributed by atoms with Gasteiger partial charge >= 0.3 is 0 Å². The van der Waals surface area contributed by atoms with Crippen LogP contribution in [0.25, 0.3) is 0 Å². The molecule has 1 aliphatic rings. The van der Waals surface area contributed by atoms with Gasteiger partial charge in [-0.2, -0.15) is 0 Å². The maximum Gasteiger partial charge on any atom is 0.191 e. The summed E-state index contributed by atoms with van der Waals surface area (Å²) in [6.07, 6.45) is 2.04. The first kappa shape index (κ1) is 20.5. The number of hydrogen-bond acceptors (Lipinski definition) is 4. The maximum absolute atomic E-state index is 5.80. The number of benzene rings is 1. The Morgan fingerprint density at radius 2 is 2.15 bits per heavy atom. The molecule has 2 N–H and O–H groups in total. The van der Waals surface area contributed by atoms with Crippen molar-refractivity contribution in [2.75, 3.05) is 52.7 Å². The van der Waals surface area contributed by atoms with Gasteiger partial charge in [-0.3, -0.25) is 4.99 Å². The fourth-order valence-electron chi connectivity index (χ4n) is 2.71. The fraction of sp³-hybridized carbons (Fsp3) is 0.650.